The summed E-state index contributed by atoms with van der Waals surface area (Å²) in [5.41, 5.74) is 1.00. The lowest BCUT2D eigenvalue weighted by atomic mass is 10.2. The molecule has 0 aliphatic heterocycles. The fourth-order valence-corrected chi connectivity index (χ4v) is 2.07. The molecule has 0 unspecified atom stereocenters. The van der Waals surface area contributed by atoms with Crippen LogP contribution in [0.15, 0.2) is 36.9 Å². The smallest absolute Gasteiger partial charge is 0.355 e. The van der Waals surface area contributed by atoms with Crippen molar-refractivity contribution in [1.82, 2.24) is 9.55 Å². The van der Waals surface area contributed by atoms with Crippen LogP contribution in [0, 0.1) is 0 Å². The van der Waals surface area contributed by atoms with Crippen molar-refractivity contribution < 1.29 is 9.53 Å². The van der Waals surface area contributed by atoms with Crippen LogP contribution in [-0.4, -0.2) is 22.1 Å². The van der Waals surface area contributed by atoms with E-state index in [1.807, 2.05) is 0 Å². The van der Waals surface area contributed by atoms with E-state index in [0.29, 0.717) is 27.9 Å². The molecule has 0 atom stereocenters. The SMILES string of the molecule is CCOC(=O)/C(=C\c1ccc(Cl)cc1Cl)n1ccnc1. The van der Waals surface area contributed by atoms with Crippen molar-refractivity contribution in [2.75, 3.05) is 6.61 Å². The monoisotopic (exact) mass is 310 g/mol. The van der Waals surface area contributed by atoms with Gasteiger partial charge in [-0.2, -0.15) is 0 Å². The number of esters is 1. The van der Waals surface area contributed by atoms with E-state index in [9.17, 15) is 4.79 Å². The summed E-state index contributed by atoms with van der Waals surface area (Å²) in [5.74, 6) is -0.448. The van der Waals surface area contributed by atoms with Gasteiger partial charge in [0.2, 0.25) is 0 Å². The normalized spacial score (nSPS) is 11.4. The van der Waals surface area contributed by atoms with Crippen LogP contribution in [0.5, 0.6) is 0 Å². The molecule has 0 aliphatic rings. The standard InChI is InChI=1S/C14H12Cl2N2O2/c1-2-20-14(19)13(18-6-5-17-9-18)7-10-3-4-11(15)8-12(10)16/h3-9H,2H2,1H3/b13-7+. The molecule has 0 amide bonds. The minimum absolute atomic E-state index is 0.291. The van der Waals surface area contributed by atoms with Crippen LogP contribution < -0.4 is 0 Å². The largest absolute Gasteiger partial charge is 0.461 e. The zero-order valence-corrected chi connectivity index (χ0v) is 12.2. The maximum absolute atomic E-state index is 12.0. The first kappa shape index (κ1) is 14.6. The highest BCUT2D eigenvalue weighted by Crippen LogP contribution is 2.24. The van der Waals surface area contributed by atoms with Gasteiger partial charge in [0, 0.05) is 22.4 Å². The first-order chi connectivity index (χ1) is 9.61. The number of carbonyl (C=O) groups excluding carboxylic acids is 1. The molecular weight excluding hydrogens is 299 g/mol. The van der Waals surface area contributed by atoms with Crippen molar-refractivity contribution in [1.29, 1.82) is 0 Å². The average molecular weight is 311 g/mol. The van der Waals surface area contributed by atoms with Crippen molar-refractivity contribution in [3.8, 4) is 0 Å². The molecule has 2 rings (SSSR count). The number of benzene rings is 1. The van der Waals surface area contributed by atoms with E-state index < -0.39 is 5.97 Å². The summed E-state index contributed by atoms with van der Waals surface area (Å²) in [7, 11) is 0. The fourth-order valence-electron chi connectivity index (χ4n) is 1.61. The summed E-state index contributed by atoms with van der Waals surface area (Å²) >= 11 is 12.0. The third-order valence-corrected chi connectivity index (χ3v) is 3.08. The number of carbonyl (C=O) groups is 1. The van der Waals surface area contributed by atoms with E-state index in [4.69, 9.17) is 27.9 Å². The van der Waals surface area contributed by atoms with Crippen LogP contribution in [0.1, 0.15) is 12.5 Å². The topological polar surface area (TPSA) is 44.1 Å². The Morgan fingerprint density at radius 3 is 2.85 bits per heavy atom. The lowest BCUT2D eigenvalue weighted by Crippen LogP contribution is -2.11. The van der Waals surface area contributed by atoms with Crippen LogP contribution >= 0.6 is 23.2 Å². The van der Waals surface area contributed by atoms with Gasteiger partial charge >= 0.3 is 5.97 Å². The molecule has 1 heterocycles. The Morgan fingerprint density at radius 1 is 1.45 bits per heavy atom. The molecule has 1 aromatic carbocycles. The summed E-state index contributed by atoms with van der Waals surface area (Å²) in [6, 6.07) is 5.06. The molecule has 20 heavy (non-hydrogen) atoms. The van der Waals surface area contributed by atoms with Gasteiger partial charge < -0.3 is 4.74 Å². The van der Waals surface area contributed by atoms with Gasteiger partial charge in [0.1, 0.15) is 5.70 Å². The second-order valence-corrected chi connectivity index (χ2v) is 4.73. The third kappa shape index (κ3) is 3.40. The quantitative estimate of drug-likeness (QED) is 0.638. The molecule has 104 valence electrons. The third-order valence-electron chi connectivity index (χ3n) is 2.52. The van der Waals surface area contributed by atoms with Crippen LogP contribution in [0.2, 0.25) is 10.0 Å². The Labute approximate surface area is 126 Å². The van der Waals surface area contributed by atoms with Crippen LogP contribution in [-0.2, 0) is 9.53 Å². The first-order valence-corrected chi connectivity index (χ1v) is 6.69. The first-order valence-electron chi connectivity index (χ1n) is 5.94. The van der Waals surface area contributed by atoms with Gasteiger partial charge in [-0.25, -0.2) is 9.78 Å². The number of ether oxygens (including phenoxy) is 1. The van der Waals surface area contributed by atoms with Gasteiger partial charge in [0.15, 0.2) is 0 Å². The van der Waals surface area contributed by atoms with Crippen molar-refractivity contribution in [3.63, 3.8) is 0 Å². The zero-order valence-electron chi connectivity index (χ0n) is 10.7. The van der Waals surface area contributed by atoms with E-state index >= 15 is 0 Å². The highest BCUT2D eigenvalue weighted by Gasteiger charge is 2.13. The molecule has 0 N–H and O–H groups in total. The molecule has 0 spiro atoms. The Balaban J connectivity index is 2.45. The molecule has 0 fully saturated rings. The molecule has 0 bridgehead atoms. The summed E-state index contributed by atoms with van der Waals surface area (Å²) in [6.45, 7) is 2.04. The summed E-state index contributed by atoms with van der Waals surface area (Å²) in [6.07, 6.45) is 6.40. The van der Waals surface area contributed by atoms with Crippen molar-refractivity contribution >= 4 is 40.9 Å². The second-order valence-electron chi connectivity index (χ2n) is 3.89. The Morgan fingerprint density at radius 2 is 2.25 bits per heavy atom. The number of aromatic nitrogens is 2. The van der Waals surface area contributed by atoms with E-state index in [1.54, 1.807) is 48.2 Å². The van der Waals surface area contributed by atoms with Crippen molar-refractivity contribution in [2.24, 2.45) is 0 Å². The molecule has 0 saturated heterocycles. The number of nitrogens with zero attached hydrogens (tertiary/aromatic N) is 2. The molecule has 2 aromatic rings. The van der Waals surface area contributed by atoms with Crippen LogP contribution in [0.25, 0.3) is 11.8 Å². The average Bonchev–Trinajstić information content (AvgIpc) is 2.91. The Bertz CT molecular complexity index is 637. The number of rotatable bonds is 4. The van der Waals surface area contributed by atoms with E-state index in [1.165, 1.54) is 6.33 Å². The number of halogens is 2. The summed E-state index contributed by atoms with van der Waals surface area (Å²) < 4.78 is 6.61. The molecule has 1 aromatic heterocycles. The van der Waals surface area contributed by atoms with Crippen molar-refractivity contribution in [3.05, 3.63) is 52.5 Å². The van der Waals surface area contributed by atoms with E-state index in [0.717, 1.165) is 0 Å². The van der Waals surface area contributed by atoms with Gasteiger partial charge in [0.05, 0.1) is 12.9 Å². The number of hydrogen-bond acceptors (Lipinski definition) is 3. The maximum Gasteiger partial charge on any atom is 0.355 e. The lowest BCUT2D eigenvalue weighted by Gasteiger charge is -2.08. The molecule has 4 nitrogen and oxygen atoms in total. The fraction of sp³-hybridized carbons (Fsp3) is 0.143. The number of imidazole rings is 1. The van der Waals surface area contributed by atoms with Gasteiger partial charge in [-0.05, 0) is 30.7 Å². The van der Waals surface area contributed by atoms with Crippen molar-refractivity contribution in [2.45, 2.75) is 6.92 Å². The molecule has 0 radical (unpaired) electrons. The van der Waals surface area contributed by atoms with E-state index in [-0.39, 0.29) is 0 Å². The predicted octanol–water partition coefficient (Wildman–Crippen LogP) is 3.75. The zero-order chi connectivity index (χ0) is 14.5. The predicted molar refractivity (Wildman–Crippen MR) is 79.5 cm³/mol. The van der Waals surface area contributed by atoms with Crippen LogP contribution in [0.4, 0.5) is 0 Å². The Kier molecular flexibility index (Phi) is 4.82. The van der Waals surface area contributed by atoms with Gasteiger partial charge in [-0.3, -0.25) is 4.57 Å². The number of hydrogen-bond donors (Lipinski definition) is 0. The van der Waals surface area contributed by atoms with Gasteiger partial charge in [-0.15, -0.1) is 0 Å². The van der Waals surface area contributed by atoms with Gasteiger partial charge in [0.25, 0.3) is 0 Å². The second kappa shape index (κ2) is 6.59. The van der Waals surface area contributed by atoms with E-state index in [2.05, 4.69) is 4.98 Å². The summed E-state index contributed by atoms with van der Waals surface area (Å²) in [5, 5.41) is 0.992. The maximum atomic E-state index is 12.0. The highest BCUT2D eigenvalue weighted by molar-refractivity contribution is 6.35. The highest BCUT2D eigenvalue weighted by atomic mass is 35.5. The summed E-state index contributed by atoms with van der Waals surface area (Å²) in [4.78, 5) is 15.9. The lowest BCUT2D eigenvalue weighted by molar-refractivity contribution is -0.136. The van der Waals surface area contributed by atoms with Crippen LogP contribution in [0.3, 0.4) is 0 Å². The minimum Gasteiger partial charge on any atom is -0.461 e. The molecular formula is C14H12Cl2N2O2. The molecule has 6 heteroatoms. The molecule has 0 aliphatic carbocycles. The van der Waals surface area contributed by atoms with Gasteiger partial charge in [-0.1, -0.05) is 29.3 Å². The Hall–Kier alpha value is -1.78. The molecule has 0 saturated carbocycles. The minimum atomic E-state index is -0.448.